The number of anilines is 1. The zero-order chi connectivity index (χ0) is 18.2. The maximum atomic E-state index is 12.2. The average molecular weight is 452 g/mol. The summed E-state index contributed by atoms with van der Waals surface area (Å²) < 4.78 is 6.57. The van der Waals surface area contributed by atoms with Gasteiger partial charge in [-0.15, -0.1) is 0 Å². The van der Waals surface area contributed by atoms with Crippen molar-refractivity contribution >= 4 is 34.2 Å². The van der Waals surface area contributed by atoms with Crippen LogP contribution in [-0.4, -0.2) is 36.3 Å². The lowest BCUT2D eigenvalue weighted by Crippen LogP contribution is -2.35. The zero-order valence-corrected chi connectivity index (χ0v) is 16.5. The highest BCUT2D eigenvalue weighted by molar-refractivity contribution is 14.1. The molecule has 2 aromatic carbocycles. The molecule has 0 bridgehead atoms. The van der Waals surface area contributed by atoms with Crippen LogP contribution in [0.2, 0.25) is 0 Å². The van der Waals surface area contributed by atoms with Crippen LogP contribution in [0.25, 0.3) is 0 Å². The molecule has 1 unspecified atom stereocenters. The van der Waals surface area contributed by atoms with Crippen LogP contribution in [0.5, 0.6) is 5.75 Å². The van der Waals surface area contributed by atoms with Crippen LogP contribution >= 0.6 is 22.6 Å². The normalized spacial score (nSPS) is 12.0. The average Bonchev–Trinajstić information content (AvgIpc) is 2.59. The van der Waals surface area contributed by atoms with Gasteiger partial charge in [-0.2, -0.15) is 0 Å². The molecule has 0 aliphatic rings. The minimum absolute atomic E-state index is 0.151. The van der Waals surface area contributed by atoms with Gasteiger partial charge in [0.05, 0.1) is 0 Å². The highest BCUT2D eigenvalue weighted by Crippen LogP contribution is 2.17. The van der Waals surface area contributed by atoms with Gasteiger partial charge in [-0.1, -0.05) is 19.9 Å². The predicted octanol–water partition coefficient (Wildman–Crippen LogP) is 3.28. The van der Waals surface area contributed by atoms with Gasteiger partial charge in [0.2, 0.25) is 0 Å². The first-order valence-electron chi connectivity index (χ1n) is 8.15. The molecule has 0 saturated heterocycles. The predicted molar refractivity (Wildman–Crippen MR) is 108 cm³/mol. The number of carbonyl (C=O) groups is 1. The van der Waals surface area contributed by atoms with Crippen LogP contribution in [0.15, 0.2) is 48.5 Å². The molecule has 0 spiro atoms. The Labute approximate surface area is 161 Å². The van der Waals surface area contributed by atoms with Crippen LogP contribution in [0.4, 0.5) is 5.69 Å². The largest absolute Gasteiger partial charge is 0.491 e. The maximum absolute atomic E-state index is 12.2. The van der Waals surface area contributed by atoms with Crippen LogP contribution in [0.3, 0.4) is 0 Å². The number of carbonyl (C=O) groups excluding carboxylic acids is 1. The lowest BCUT2D eigenvalue weighted by Gasteiger charge is -2.15. The van der Waals surface area contributed by atoms with E-state index in [-0.39, 0.29) is 12.5 Å². The van der Waals surface area contributed by atoms with Crippen molar-refractivity contribution in [1.82, 2.24) is 5.32 Å². The van der Waals surface area contributed by atoms with Crippen molar-refractivity contribution < 1.29 is 14.6 Å². The number of halogens is 1. The molecule has 0 heterocycles. The van der Waals surface area contributed by atoms with Crippen LogP contribution in [0.1, 0.15) is 24.2 Å². The molecule has 134 valence electrons. The van der Waals surface area contributed by atoms with Gasteiger partial charge in [0.25, 0.3) is 5.91 Å². The van der Waals surface area contributed by atoms with Gasteiger partial charge in [-0.05, 0) is 65.1 Å². The van der Waals surface area contributed by atoms with Gasteiger partial charge < -0.3 is 20.5 Å². The highest BCUT2D eigenvalue weighted by atomic mass is 125. The molecule has 0 radical (unpaired) electrons. The maximum Gasteiger partial charge on any atom is 0.255 e. The van der Waals surface area contributed by atoms with E-state index in [1.807, 2.05) is 32.0 Å². The second-order valence-corrected chi connectivity index (χ2v) is 7.26. The summed E-state index contributed by atoms with van der Waals surface area (Å²) in [4.78, 5) is 12.2. The summed E-state index contributed by atoms with van der Waals surface area (Å²) in [6.45, 7) is 4.75. The third-order valence-electron chi connectivity index (χ3n) is 3.40. The Kier molecular flexibility index (Phi) is 7.67. The Bertz CT molecular complexity index is 689. The number of hydrogen-bond donors (Lipinski definition) is 3. The van der Waals surface area contributed by atoms with E-state index in [4.69, 9.17) is 4.74 Å². The standard InChI is InChI=1S/C19H23IN2O3/c1-13(2)21-11-17(23)12-25-18-8-6-16(7-9-18)22-19(24)14-4-3-5-15(20)10-14/h3-10,13,17,21,23H,11-12H2,1-2H3,(H,22,24)/i20-2. The Morgan fingerprint density at radius 3 is 2.56 bits per heavy atom. The molecule has 1 atom stereocenters. The number of aliphatic hydroxyl groups is 1. The number of ether oxygens (including phenoxy) is 1. The number of nitrogens with one attached hydrogen (secondary N) is 2. The third kappa shape index (κ3) is 7.01. The Balaban J connectivity index is 1.84. The number of benzene rings is 2. The lowest BCUT2D eigenvalue weighted by atomic mass is 10.2. The molecule has 5 nitrogen and oxygen atoms in total. The Morgan fingerprint density at radius 2 is 1.92 bits per heavy atom. The van der Waals surface area contributed by atoms with Crippen molar-refractivity contribution in [3.05, 3.63) is 57.7 Å². The van der Waals surface area contributed by atoms with Gasteiger partial charge in [-0.3, -0.25) is 4.79 Å². The van der Waals surface area contributed by atoms with Gasteiger partial charge in [0, 0.05) is 27.4 Å². The van der Waals surface area contributed by atoms with E-state index in [1.54, 1.807) is 30.3 Å². The molecule has 3 N–H and O–H groups in total. The van der Waals surface area contributed by atoms with E-state index < -0.39 is 6.10 Å². The molecule has 0 aliphatic carbocycles. The fraction of sp³-hybridized carbons (Fsp3) is 0.316. The van der Waals surface area contributed by atoms with Gasteiger partial charge >= 0.3 is 0 Å². The van der Waals surface area contributed by atoms with Gasteiger partial charge in [-0.25, -0.2) is 0 Å². The molecule has 0 fully saturated rings. The third-order valence-corrected chi connectivity index (χ3v) is 4.07. The second-order valence-electron chi connectivity index (χ2n) is 6.02. The summed E-state index contributed by atoms with van der Waals surface area (Å²) in [5.74, 6) is 0.498. The van der Waals surface area contributed by atoms with Crippen molar-refractivity contribution in [1.29, 1.82) is 0 Å². The second kappa shape index (κ2) is 9.74. The minimum atomic E-state index is -0.567. The topological polar surface area (TPSA) is 70.6 Å². The fourth-order valence-corrected chi connectivity index (χ4v) is 2.63. The van der Waals surface area contributed by atoms with Crippen LogP contribution in [0, 0.1) is 3.57 Å². The van der Waals surface area contributed by atoms with Gasteiger partial charge in [0.15, 0.2) is 0 Å². The molecule has 0 saturated carbocycles. The molecular weight excluding hydrogens is 429 g/mol. The van der Waals surface area contributed by atoms with Crippen molar-refractivity contribution in [2.45, 2.75) is 26.0 Å². The first-order chi connectivity index (χ1) is 11.9. The minimum Gasteiger partial charge on any atom is -0.491 e. The van der Waals surface area contributed by atoms with E-state index in [9.17, 15) is 9.90 Å². The molecule has 1 amide bonds. The number of amides is 1. The van der Waals surface area contributed by atoms with E-state index in [0.29, 0.717) is 29.6 Å². The molecule has 2 aromatic rings. The molecule has 0 aliphatic heterocycles. The van der Waals surface area contributed by atoms with E-state index in [1.165, 1.54) is 0 Å². The van der Waals surface area contributed by atoms with Crippen molar-refractivity contribution in [2.75, 3.05) is 18.5 Å². The highest BCUT2D eigenvalue weighted by Gasteiger charge is 2.08. The smallest absolute Gasteiger partial charge is 0.255 e. The summed E-state index contributed by atoms with van der Waals surface area (Å²) in [7, 11) is 0. The molecule has 6 heteroatoms. The van der Waals surface area contributed by atoms with E-state index in [0.717, 1.165) is 3.57 Å². The summed E-state index contributed by atoms with van der Waals surface area (Å²) >= 11 is 2.18. The van der Waals surface area contributed by atoms with Crippen LogP contribution in [-0.2, 0) is 0 Å². The Hall–Kier alpha value is -1.64. The van der Waals surface area contributed by atoms with Gasteiger partial charge in [0.1, 0.15) is 18.5 Å². The fourth-order valence-electron chi connectivity index (χ4n) is 2.09. The number of aliphatic hydroxyl groups excluding tert-OH is 1. The number of hydrogen-bond acceptors (Lipinski definition) is 4. The summed E-state index contributed by atoms with van der Waals surface area (Å²) in [5, 5.41) is 15.8. The first-order valence-corrected chi connectivity index (χ1v) is 9.23. The van der Waals surface area contributed by atoms with E-state index >= 15 is 0 Å². The molecule has 25 heavy (non-hydrogen) atoms. The molecular formula is C19H23IN2O3. The Morgan fingerprint density at radius 1 is 1.20 bits per heavy atom. The summed E-state index contributed by atoms with van der Waals surface area (Å²) in [5.41, 5.74) is 1.31. The van der Waals surface area contributed by atoms with E-state index in [2.05, 4.69) is 33.2 Å². The summed E-state index contributed by atoms with van der Waals surface area (Å²) in [6, 6.07) is 14.8. The SMILES string of the molecule is CC(C)NCC(O)COc1ccc(NC(=O)c2cccc([125I])c2)cc1. The zero-order valence-electron chi connectivity index (χ0n) is 14.3. The number of rotatable bonds is 8. The van der Waals surface area contributed by atoms with Crippen molar-refractivity contribution in [3.8, 4) is 5.75 Å². The monoisotopic (exact) mass is 452 g/mol. The van der Waals surface area contributed by atoms with Crippen molar-refractivity contribution in [2.24, 2.45) is 0 Å². The molecule has 0 aromatic heterocycles. The quantitative estimate of drug-likeness (QED) is 0.538. The molecule has 2 rings (SSSR count). The summed E-state index contributed by atoms with van der Waals surface area (Å²) in [6.07, 6.45) is -0.567. The van der Waals surface area contributed by atoms with Crippen molar-refractivity contribution in [3.63, 3.8) is 0 Å². The lowest BCUT2D eigenvalue weighted by molar-refractivity contribution is 0.102. The van der Waals surface area contributed by atoms with Crippen LogP contribution < -0.4 is 15.4 Å². The first kappa shape index (κ1) is 19.7.